The number of aliphatic carboxylic acids is 1. The Hall–Kier alpha value is -0.830. The lowest BCUT2D eigenvalue weighted by atomic mass is 9.75. The van der Waals surface area contributed by atoms with Crippen LogP contribution in [0.2, 0.25) is 0 Å². The standard InChI is InChI=1S/C11H18O3/c1-2-11(10(13)14)7-4-3-5-9(12)6-8-11/h3,5,9,12H,2,4,6-8H2,1H3,(H,13,14)/b5-3+/t9-,11?/m1/s1. The van der Waals surface area contributed by atoms with E-state index >= 15 is 0 Å². The van der Waals surface area contributed by atoms with Crippen molar-refractivity contribution in [3.05, 3.63) is 12.2 Å². The van der Waals surface area contributed by atoms with Gasteiger partial charge in [0.2, 0.25) is 0 Å². The van der Waals surface area contributed by atoms with Crippen molar-refractivity contribution in [3.8, 4) is 0 Å². The van der Waals surface area contributed by atoms with Gasteiger partial charge in [0.05, 0.1) is 11.5 Å². The summed E-state index contributed by atoms with van der Waals surface area (Å²) in [5.41, 5.74) is -0.619. The Morgan fingerprint density at radius 2 is 2.29 bits per heavy atom. The molecule has 0 amide bonds. The number of hydrogen-bond donors (Lipinski definition) is 2. The second kappa shape index (κ2) is 4.60. The quantitative estimate of drug-likeness (QED) is 0.667. The number of allylic oxidation sites excluding steroid dienone is 1. The van der Waals surface area contributed by atoms with Crippen molar-refractivity contribution in [1.82, 2.24) is 0 Å². The highest BCUT2D eigenvalue weighted by atomic mass is 16.4. The molecule has 0 aromatic heterocycles. The molecule has 0 spiro atoms. The number of rotatable bonds is 2. The van der Waals surface area contributed by atoms with Gasteiger partial charge in [0.25, 0.3) is 0 Å². The Balaban J connectivity index is 2.77. The molecule has 2 N–H and O–H groups in total. The van der Waals surface area contributed by atoms with Gasteiger partial charge in [-0.25, -0.2) is 0 Å². The lowest BCUT2D eigenvalue weighted by Crippen LogP contribution is -2.32. The molecule has 0 aromatic rings. The van der Waals surface area contributed by atoms with Gasteiger partial charge in [0.15, 0.2) is 0 Å². The minimum absolute atomic E-state index is 0.472. The third-order valence-corrected chi connectivity index (χ3v) is 3.20. The summed E-state index contributed by atoms with van der Waals surface area (Å²) >= 11 is 0. The fraction of sp³-hybridized carbons (Fsp3) is 0.727. The molecule has 2 atom stereocenters. The average Bonchev–Trinajstić information content (AvgIpc) is 2.13. The minimum atomic E-state index is -0.720. The molecule has 0 saturated heterocycles. The van der Waals surface area contributed by atoms with Crippen molar-refractivity contribution in [2.45, 2.75) is 45.1 Å². The molecule has 0 bridgehead atoms. The van der Waals surface area contributed by atoms with Gasteiger partial charge >= 0.3 is 5.97 Å². The summed E-state index contributed by atoms with van der Waals surface area (Å²) in [5.74, 6) is -0.720. The van der Waals surface area contributed by atoms with Crippen molar-refractivity contribution in [2.75, 3.05) is 0 Å². The van der Waals surface area contributed by atoms with Crippen LogP contribution >= 0.6 is 0 Å². The van der Waals surface area contributed by atoms with E-state index in [1.54, 1.807) is 6.08 Å². The molecule has 0 aromatic carbocycles. The van der Waals surface area contributed by atoms with E-state index in [0.29, 0.717) is 25.7 Å². The molecule has 0 heterocycles. The maximum Gasteiger partial charge on any atom is 0.309 e. The van der Waals surface area contributed by atoms with Gasteiger partial charge in [-0.15, -0.1) is 0 Å². The summed E-state index contributed by atoms with van der Waals surface area (Å²) in [6, 6.07) is 0. The van der Waals surface area contributed by atoms with Crippen LogP contribution in [0, 0.1) is 5.41 Å². The summed E-state index contributed by atoms with van der Waals surface area (Å²) in [4.78, 5) is 11.2. The number of aliphatic hydroxyl groups excluding tert-OH is 1. The third-order valence-electron chi connectivity index (χ3n) is 3.20. The average molecular weight is 198 g/mol. The van der Waals surface area contributed by atoms with Crippen molar-refractivity contribution in [3.63, 3.8) is 0 Å². The summed E-state index contributed by atoms with van der Waals surface area (Å²) in [5, 5.41) is 18.6. The van der Waals surface area contributed by atoms with E-state index in [-0.39, 0.29) is 0 Å². The second-order valence-electron chi connectivity index (χ2n) is 4.01. The molecule has 3 heteroatoms. The van der Waals surface area contributed by atoms with E-state index in [4.69, 9.17) is 0 Å². The van der Waals surface area contributed by atoms with Gasteiger partial charge in [-0.3, -0.25) is 4.79 Å². The molecule has 0 saturated carbocycles. The van der Waals surface area contributed by atoms with Crippen LogP contribution in [0.5, 0.6) is 0 Å². The molecular weight excluding hydrogens is 180 g/mol. The molecule has 1 unspecified atom stereocenters. The predicted octanol–water partition coefficient (Wildman–Crippen LogP) is 1.96. The largest absolute Gasteiger partial charge is 0.481 e. The van der Waals surface area contributed by atoms with E-state index in [9.17, 15) is 15.0 Å². The zero-order valence-corrected chi connectivity index (χ0v) is 8.57. The van der Waals surface area contributed by atoms with Crippen LogP contribution in [0.15, 0.2) is 12.2 Å². The lowest BCUT2D eigenvalue weighted by Gasteiger charge is -2.29. The van der Waals surface area contributed by atoms with Crippen LogP contribution < -0.4 is 0 Å². The van der Waals surface area contributed by atoms with Crippen molar-refractivity contribution in [1.29, 1.82) is 0 Å². The van der Waals surface area contributed by atoms with Crippen LogP contribution in [0.4, 0.5) is 0 Å². The first-order valence-electron chi connectivity index (χ1n) is 5.19. The molecule has 1 aliphatic rings. The topological polar surface area (TPSA) is 57.5 Å². The van der Waals surface area contributed by atoms with Gasteiger partial charge in [0.1, 0.15) is 0 Å². The zero-order chi connectivity index (χ0) is 10.6. The first-order chi connectivity index (χ1) is 6.60. The summed E-state index contributed by atoms with van der Waals surface area (Å²) in [6.07, 6.45) is 6.38. The molecular formula is C11H18O3. The van der Waals surface area contributed by atoms with E-state index in [2.05, 4.69) is 0 Å². The Bertz CT molecular complexity index is 235. The summed E-state index contributed by atoms with van der Waals surface area (Å²) in [7, 11) is 0. The molecule has 0 fully saturated rings. The minimum Gasteiger partial charge on any atom is -0.481 e. The zero-order valence-electron chi connectivity index (χ0n) is 8.57. The lowest BCUT2D eigenvalue weighted by molar-refractivity contribution is -0.150. The van der Waals surface area contributed by atoms with Crippen molar-refractivity contribution in [2.24, 2.45) is 5.41 Å². The van der Waals surface area contributed by atoms with Crippen LogP contribution in [0.3, 0.4) is 0 Å². The molecule has 80 valence electrons. The van der Waals surface area contributed by atoms with E-state index < -0.39 is 17.5 Å². The van der Waals surface area contributed by atoms with E-state index in [0.717, 1.165) is 6.42 Å². The summed E-state index contributed by atoms with van der Waals surface area (Å²) in [6.45, 7) is 1.91. The Labute approximate surface area is 84.4 Å². The van der Waals surface area contributed by atoms with Crippen LogP contribution in [-0.2, 0) is 4.79 Å². The first kappa shape index (κ1) is 11.2. The Morgan fingerprint density at radius 3 is 2.86 bits per heavy atom. The second-order valence-corrected chi connectivity index (χ2v) is 4.01. The third kappa shape index (κ3) is 2.35. The molecule has 0 radical (unpaired) electrons. The van der Waals surface area contributed by atoms with Gasteiger partial charge in [-0.2, -0.15) is 0 Å². The Kier molecular flexibility index (Phi) is 3.69. The number of carboxylic acid groups (broad SMARTS) is 1. The smallest absolute Gasteiger partial charge is 0.309 e. The van der Waals surface area contributed by atoms with Gasteiger partial charge in [0, 0.05) is 0 Å². The normalized spacial score (nSPS) is 35.7. The first-order valence-corrected chi connectivity index (χ1v) is 5.19. The van der Waals surface area contributed by atoms with E-state index in [1.807, 2.05) is 13.0 Å². The maximum absolute atomic E-state index is 11.2. The highest BCUT2D eigenvalue weighted by Crippen LogP contribution is 2.35. The predicted molar refractivity (Wildman–Crippen MR) is 54.0 cm³/mol. The molecule has 1 aliphatic carbocycles. The monoisotopic (exact) mass is 198 g/mol. The van der Waals surface area contributed by atoms with Gasteiger partial charge in [-0.05, 0) is 32.1 Å². The summed E-state index contributed by atoms with van der Waals surface area (Å²) < 4.78 is 0. The number of carboxylic acids is 1. The Morgan fingerprint density at radius 1 is 1.57 bits per heavy atom. The van der Waals surface area contributed by atoms with Crippen molar-refractivity contribution < 1.29 is 15.0 Å². The van der Waals surface area contributed by atoms with Crippen LogP contribution in [-0.4, -0.2) is 22.3 Å². The van der Waals surface area contributed by atoms with E-state index in [1.165, 1.54) is 0 Å². The number of carbonyl (C=O) groups is 1. The SMILES string of the molecule is CCC1(C(=O)O)CC/C=C/[C@@H](O)CC1. The molecule has 1 rings (SSSR count). The number of hydrogen-bond acceptors (Lipinski definition) is 2. The highest BCUT2D eigenvalue weighted by Gasteiger charge is 2.36. The fourth-order valence-electron chi connectivity index (χ4n) is 1.98. The van der Waals surface area contributed by atoms with Gasteiger partial charge in [-0.1, -0.05) is 19.1 Å². The maximum atomic E-state index is 11.2. The van der Waals surface area contributed by atoms with Gasteiger partial charge < -0.3 is 10.2 Å². The fourth-order valence-corrected chi connectivity index (χ4v) is 1.98. The van der Waals surface area contributed by atoms with Crippen LogP contribution in [0.1, 0.15) is 39.0 Å². The molecule has 3 nitrogen and oxygen atoms in total. The highest BCUT2D eigenvalue weighted by molar-refractivity contribution is 5.74. The number of aliphatic hydroxyl groups is 1. The molecule has 14 heavy (non-hydrogen) atoms. The molecule has 0 aliphatic heterocycles. The van der Waals surface area contributed by atoms with Crippen molar-refractivity contribution >= 4 is 5.97 Å². The van der Waals surface area contributed by atoms with Crippen LogP contribution in [0.25, 0.3) is 0 Å².